The number of hydrogen-bond donors (Lipinski definition) is 1. The largest absolute Gasteiger partial charge is 0.493 e. The summed E-state index contributed by atoms with van der Waals surface area (Å²) in [6.45, 7) is 3.57. The van der Waals surface area contributed by atoms with E-state index in [0.29, 0.717) is 28.5 Å². The molecule has 144 valence electrons. The lowest BCUT2D eigenvalue weighted by Gasteiger charge is -2.15. The molecular weight excluding hydrogens is 350 g/mol. The zero-order valence-corrected chi connectivity index (χ0v) is 15.8. The minimum absolute atomic E-state index is 0.0191. The van der Waals surface area contributed by atoms with Crippen molar-refractivity contribution in [2.45, 2.75) is 20.0 Å². The van der Waals surface area contributed by atoms with E-state index in [1.54, 1.807) is 24.3 Å². The number of methoxy groups -OCH3 is 2. The summed E-state index contributed by atoms with van der Waals surface area (Å²) in [4.78, 5) is 23.8. The van der Waals surface area contributed by atoms with E-state index in [-0.39, 0.29) is 18.6 Å². The quantitative estimate of drug-likeness (QED) is 0.715. The number of hydrogen-bond acceptors (Lipinski definition) is 6. The van der Waals surface area contributed by atoms with Gasteiger partial charge in [0.15, 0.2) is 18.1 Å². The molecule has 7 nitrogen and oxygen atoms in total. The van der Waals surface area contributed by atoms with Crippen molar-refractivity contribution in [1.82, 2.24) is 0 Å². The second-order valence-electron chi connectivity index (χ2n) is 5.85. The molecule has 0 radical (unpaired) electrons. The lowest BCUT2D eigenvalue weighted by molar-refractivity contribution is -0.142. The second-order valence-corrected chi connectivity index (χ2v) is 5.85. The lowest BCUT2D eigenvalue weighted by Crippen LogP contribution is -2.15. The van der Waals surface area contributed by atoms with Crippen LogP contribution in [-0.2, 0) is 9.53 Å². The van der Waals surface area contributed by atoms with Gasteiger partial charge in [-0.2, -0.15) is 0 Å². The van der Waals surface area contributed by atoms with Gasteiger partial charge in [0.1, 0.15) is 5.75 Å². The number of para-hydroxylation sites is 2. The van der Waals surface area contributed by atoms with Crippen molar-refractivity contribution >= 4 is 17.6 Å². The molecule has 2 rings (SSSR count). The molecule has 0 spiro atoms. The fraction of sp³-hybridized carbons (Fsp3) is 0.300. The minimum Gasteiger partial charge on any atom is -0.493 e. The normalized spacial score (nSPS) is 10.3. The maximum absolute atomic E-state index is 12.6. The fourth-order valence-electron chi connectivity index (χ4n) is 2.24. The van der Waals surface area contributed by atoms with E-state index in [0.717, 1.165) is 0 Å². The van der Waals surface area contributed by atoms with Crippen molar-refractivity contribution in [3.8, 4) is 17.2 Å². The molecule has 0 atom stereocenters. The van der Waals surface area contributed by atoms with Gasteiger partial charge in [-0.3, -0.25) is 4.79 Å². The van der Waals surface area contributed by atoms with Crippen molar-refractivity contribution in [3.05, 3.63) is 48.0 Å². The van der Waals surface area contributed by atoms with Crippen LogP contribution in [0.25, 0.3) is 0 Å². The Morgan fingerprint density at radius 1 is 1.00 bits per heavy atom. The van der Waals surface area contributed by atoms with Crippen molar-refractivity contribution in [2.24, 2.45) is 0 Å². The molecule has 0 saturated heterocycles. The van der Waals surface area contributed by atoms with Crippen molar-refractivity contribution in [2.75, 3.05) is 26.1 Å². The Morgan fingerprint density at radius 3 is 2.41 bits per heavy atom. The molecule has 0 aliphatic heterocycles. The van der Waals surface area contributed by atoms with Crippen LogP contribution in [0, 0.1) is 0 Å². The highest BCUT2D eigenvalue weighted by Gasteiger charge is 2.14. The Kier molecular flexibility index (Phi) is 7.05. The van der Waals surface area contributed by atoms with E-state index < -0.39 is 5.97 Å². The summed E-state index contributed by atoms with van der Waals surface area (Å²) in [5, 5.41) is 2.83. The molecule has 0 saturated carbocycles. The molecule has 2 aromatic carbocycles. The fourth-order valence-corrected chi connectivity index (χ4v) is 2.24. The van der Waals surface area contributed by atoms with Crippen LogP contribution in [0.3, 0.4) is 0 Å². The maximum Gasteiger partial charge on any atom is 0.343 e. The highest BCUT2D eigenvalue weighted by Crippen LogP contribution is 2.30. The number of carbonyl (C=O) groups excluding carboxylic acids is 2. The third-order valence-electron chi connectivity index (χ3n) is 3.50. The number of rotatable bonds is 8. The number of nitrogens with one attached hydrogen (secondary N) is 1. The number of ether oxygens (including phenoxy) is 4. The van der Waals surface area contributed by atoms with E-state index in [1.165, 1.54) is 20.3 Å². The van der Waals surface area contributed by atoms with Crippen LogP contribution in [0.4, 0.5) is 5.69 Å². The lowest BCUT2D eigenvalue weighted by atomic mass is 10.1. The molecule has 0 aliphatic rings. The van der Waals surface area contributed by atoms with Crippen molar-refractivity contribution in [3.63, 3.8) is 0 Å². The molecule has 1 N–H and O–H groups in total. The van der Waals surface area contributed by atoms with Gasteiger partial charge < -0.3 is 24.3 Å². The van der Waals surface area contributed by atoms with Gasteiger partial charge in [-0.15, -0.1) is 0 Å². The van der Waals surface area contributed by atoms with Gasteiger partial charge >= 0.3 is 5.97 Å². The molecule has 2 aromatic rings. The highest BCUT2D eigenvalue weighted by molar-refractivity contribution is 6.05. The first-order chi connectivity index (χ1) is 12.9. The van der Waals surface area contributed by atoms with Gasteiger partial charge in [0, 0.05) is 5.56 Å². The Labute approximate surface area is 158 Å². The van der Waals surface area contributed by atoms with Crippen molar-refractivity contribution < 1.29 is 28.5 Å². The third kappa shape index (κ3) is 5.64. The Hall–Kier alpha value is -3.22. The third-order valence-corrected chi connectivity index (χ3v) is 3.50. The molecule has 7 heteroatoms. The number of carbonyl (C=O) groups is 2. The molecule has 0 aromatic heterocycles. The van der Waals surface area contributed by atoms with Gasteiger partial charge in [0.05, 0.1) is 26.0 Å². The Bertz CT molecular complexity index is 803. The summed E-state index contributed by atoms with van der Waals surface area (Å²) < 4.78 is 20.8. The first kappa shape index (κ1) is 20.1. The average Bonchev–Trinajstić information content (AvgIpc) is 2.66. The van der Waals surface area contributed by atoms with Crippen LogP contribution in [0.5, 0.6) is 17.2 Å². The summed E-state index contributed by atoms with van der Waals surface area (Å²) in [5.41, 5.74) is 0.942. The van der Waals surface area contributed by atoms with Crippen LogP contribution in [0.1, 0.15) is 24.2 Å². The summed E-state index contributed by atoms with van der Waals surface area (Å²) in [6.07, 6.45) is -0.0191. The van der Waals surface area contributed by atoms with Gasteiger partial charge in [-0.1, -0.05) is 12.1 Å². The Morgan fingerprint density at radius 2 is 1.74 bits per heavy atom. The number of amides is 1. The minimum atomic E-state index is -0.513. The zero-order chi connectivity index (χ0) is 19.8. The van der Waals surface area contributed by atoms with Crippen LogP contribution < -0.4 is 19.5 Å². The van der Waals surface area contributed by atoms with E-state index >= 15 is 0 Å². The van der Waals surface area contributed by atoms with Gasteiger partial charge in [-0.25, -0.2) is 4.79 Å². The summed E-state index contributed by atoms with van der Waals surface area (Å²) in [5.74, 6) is 0.417. The van der Waals surface area contributed by atoms with E-state index in [4.69, 9.17) is 14.2 Å². The standard InChI is InChI=1S/C20H23NO6/c1-13(2)27-16-8-6-5-7-15(16)21-20(23)14-9-10-17(18(11-14)24-3)26-12-19(22)25-4/h5-11,13H,12H2,1-4H3,(H,21,23). The summed E-state index contributed by atoms with van der Waals surface area (Å²) >= 11 is 0. The number of esters is 1. The maximum atomic E-state index is 12.6. The SMILES string of the molecule is COC(=O)COc1ccc(C(=O)Nc2ccccc2OC(C)C)cc1OC. The predicted molar refractivity (Wildman–Crippen MR) is 101 cm³/mol. The van der Waals surface area contributed by atoms with E-state index in [2.05, 4.69) is 10.1 Å². The average molecular weight is 373 g/mol. The predicted octanol–water partition coefficient (Wildman–Crippen LogP) is 3.29. The van der Waals surface area contributed by atoms with Crippen LogP contribution >= 0.6 is 0 Å². The van der Waals surface area contributed by atoms with Gasteiger partial charge in [0.2, 0.25) is 0 Å². The second kappa shape index (κ2) is 9.47. The first-order valence-corrected chi connectivity index (χ1v) is 8.39. The molecule has 1 amide bonds. The van der Waals surface area contributed by atoms with Crippen LogP contribution in [0.2, 0.25) is 0 Å². The molecule has 0 unspecified atom stereocenters. The van der Waals surface area contributed by atoms with Gasteiger partial charge in [0.25, 0.3) is 5.91 Å². The Balaban J connectivity index is 2.16. The molecule has 27 heavy (non-hydrogen) atoms. The summed E-state index contributed by atoms with van der Waals surface area (Å²) in [6, 6.07) is 11.9. The monoisotopic (exact) mass is 373 g/mol. The zero-order valence-electron chi connectivity index (χ0n) is 15.8. The van der Waals surface area contributed by atoms with Crippen LogP contribution in [0.15, 0.2) is 42.5 Å². The molecule has 0 heterocycles. The highest BCUT2D eigenvalue weighted by atomic mass is 16.6. The van der Waals surface area contributed by atoms with Crippen LogP contribution in [-0.4, -0.2) is 38.8 Å². The first-order valence-electron chi connectivity index (χ1n) is 8.39. The molecule has 0 fully saturated rings. The van der Waals surface area contributed by atoms with E-state index in [1.807, 2.05) is 26.0 Å². The van der Waals surface area contributed by atoms with E-state index in [9.17, 15) is 9.59 Å². The molecule has 0 aliphatic carbocycles. The molecule has 0 bridgehead atoms. The number of anilines is 1. The number of benzene rings is 2. The topological polar surface area (TPSA) is 83.1 Å². The van der Waals surface area contributed by atoms with Crippen molar-refractivity contribution in [1.29, 1.82) is 0 Å². The summed E-state index contributed by atoms with van der Waals surface area (Å²) in [7, 11) is 2.73. The van der Waals surface area contributed by atoms with Gasteiger partial charge in [-0.05, 0) is 44.2 Å². The smallest absolute Gasteiger partial charge is 0.343 e. The molecular formula is C20H23NO6.